The molecular formula is C9H16N2. The zero-order valence-corrected chi connectivity index (χ0v) is 7.38. The van der Waals surface area contributed by atoms with Gasteiger partial charge in [-0.3, -0.25) is 0 Å². The molecule has 1 atom stereocenters. The van der Waals surface area contributed by atoms with E-state index in [2.05, 4.69) is 20.0 Å². The zero-order valence-electron chi connectivity index (χ0n) is 7.38. The first-order valence-corrected chi connectivity index (χ1v) is 4.38. The summed E-state index contributed by atoms with van der Waals surface area (Å²) in [6.45, 7) is 6.44. The van der Waals surface area contributed by atoms with Gasteiger partial charge in [0.05, 0.1) is 0 Å². The smallest absolute Gasteiger partial charge is 0.179 e. The van der Waals surface area contributed by atoms with Crippen LogP contribution < -0.4 is 0 Å². The average molecular weight is 152 g/mol. The average Bonchev–Trinajstić information content (AvgIpc) is 2.05. The van der Waals surface area contributed by atoms with Crippen molar-refractivity contribution in [3.05, 3.63) is 0 Å². The highest BCUT2D eigenvalue weighted by Gasteiger charge is 2.20. The van der Waals surface area contributed by atoms with E-state index in [4.69, 9.17) is 5.26 Å². The van der Waals surface area contributed by atoms with E-state index in [1.807, 2.05) is 4.90 Å². The highest BCUT2D eigenvalue weighted by molar-refractivity contribution is 4.82. The summed E-state index contributed by atoms with van der Waals surface area (Å²) in [6.07, 6.45) is 4.71. The summed E-state index contributed by atoms with van der Waals surface area (Å²) < 4.78 is 0. The van der Waals surface area contributed by atoms with Gasteiger partial charge in [-0.2, -0.15) is 5.26 Å². The van der Waals surface area contributed by atoms with Crippen LogP contribution in [0.1, 0.15) is 26.7 Å². The molecule has 1 saturated heterocycles. The van der Waals surface area contributed by atoms with Crippen molar-refractivity contribution in [3.8, 4) is 6.19 Å². The third kappa shape index (κ3) is 2.11. The molecule has 1 fully saturated rings. The van der Waals surface area contributed by atoms with Crippen molar-refractivity contribution in [1.29, 1.82) is 5.26 Å². The minimum absolute atomic E-state index is 0.728. The fraction of sp³-hybridized carbons (Fsp3) is 0.889. The van der Waals surface area contributed by atoms with Crippen LogP contribution in [-0.2, 0) is 0 Å². The van der Waals surface area contributed by atoms with Gasteiger partial charge in [-0.1, -0.05) is 13.8 Å². The Morgan fingerprint density at radius 3 is 2.82 bits per heavy atom. The molecule has 0 spiro atoms. The van der Waals surface area contributed by atoms with E-state index in [1.165, 1.54) is 12.8 Å². The topological polar surface area (TPSA) is 27.0 Å². The first-order valence-electron chi connectivity index (χ1n) is 4.38. The fourth-order valence-electron chi connectivity index (χ4n) is 1.64. The van der Waals surface area contributed by atoms with Crippen molar-refractivity contribution in [2.45, 2.75) is 26.7 Å². The Bertz CT molecular complexity index is 157. The number of rotatable bonds is 1. The van der Waals surface area contributed by atoms with Crippen LogP contribution in [0.15, 0.2) is 0 Å². The fourth-order valence-corrected chi connectivity index (χ4v) is 1.64. The van der Waals surface area contributed by atoms with Crippen molar-refractivity contribution < 1.29 is 0 Å². The summed E-state index contributed by atoms with van der Waals surface area (Å²) in [5.41, 5.74) is 0. The molecule has 0 N–H and O–H groups in total. The maximum Gasteiger partial charge on any atom is 0.179 e. The molecule has 2 heteroatoms. The Morgan fingerprint density at radius 2 is 2.27 bits per heavy atom. The lowest BCUT2D eigenvalue weighted by atomic mass is 9.88. The molecule has 0 aromatic carbocycles. The lowest BCUT2D eigenvalue weighted by molar-refractivity contribution is 0.200. The summed E-state index contributed by atoms with van der Waals surface area (Å²) in [5, 5.41) is 8.67. The third-order valence-corrected chi connectivity index (χ3v) is 2.54. The maximum absolute atomic E-state index is 8.67. The summed E-state index contributed by atoms with van der Waals surface area (Å²) >= 11 is 0. The minimum atomic E-state index is 0.728. The summed E-state index contributed by atoms with van der Waals surface area (Å²) in [7, 11) is 0. The van der Waals surface area contributed by atoms with Gasteiger partial charge in [0, 0.05) is 13.1 Å². The molecule has 0 aromatic rings. The molecule has 1 aliphatic heterocycles. The van der Waals surface area contributed by atoms with Crippen molar-refractivity contribution >= 4 is 0 Å². The highest BCUT2D eigenvalue weighted by Crippen LogP contribution is 2.22. The molecule has 2 nitrogen and oxygen atoms in total. The molecule has 1 heterocycles. The normalized spacial score (nSPS) is 25.3. The van der Waals surface area contributed by atoms with E-state index in [-0.39, 0.29) is 0 Å². The van der Waals surface area contributed by atoms with Crippen molar-refractivity contribution in [2.75, 3.05) is 13.1 Å². The Hall–Kier alpha value is -0.710. The molecule has 11 heavy (non-hydrogen) atoms. The largest absolute Gasteiger partial charge is 0.310 e. The van der Waals surface area contributed by atoms with Crippen LogP contribution in [0.5, 0.6) is 0 Å². The van der Waals surface area contributed by atoms with Crippen molar-refractivity contribution in [2.24, 2.45) is 11.8 Å². The highest BCUT2D eigenvalue weighted by atomic mass is 15.1. The first-order chi connectivity index (χ1) is 5.24. The molecule has 1 aliphatic rings. The van der Waals surface area contributed by atoms with Gasteiger partial charge in [-0.05, 0) is 24.7 Å². The first kappa shape index (κ1) is 8.39. The van der Waals surface area contributed by atoms with E-state index in [9.17, 15) is 0 Å². The summed E-state index contributed by atoms with van der Waals surface area (Å²) in [5.74, 6) is 1.47. The molecule has 0 unspecified atom stereocenters. The van der Waals surface area contributed by atoms with Crippen molar-refractivity contribution in [3.63, 3.8) is 0 Å². The van der Waals surface area contributed by atoms with E-state index < -0.39 is 0 Å². The molecular weight excluding hydrogens is 136 g/mol. The van der Waals surface area contributed by atoms with Crippen LogP contribution in [-0.4, -0.2) is 18.0 Å². The number of nitriles is 1. The predicted molar refractivity (Wildman–Crippen MR) is 44.7 cm³/mol. The second kappa shape index (κ2) is 3.61. The van der Waals surface area contributed by atoms with Crippen LogP contribution in [0.3, 0.4) is 0 Å². The van der Waals surface area contributed by atoms with E-state index in [0.29, 0.717) is 0 Å². The van der Waals surface area contributed by atoms with Gasteiger partial charge in [-0.15, -0.1) is 0 Å². The molecule has 0 saturated carbocycles. The second-order valence-corrected chi connectivity index (χ2v) is 3.69. The standard InChI is InChI=1S/C9H16N2/c1-8(2)9-4-3-5-11(6-9)7-10/h8-9H,3-6H2,1-2H3/t9-/m1/s1. The Labute approximate surface area is 68.8 Å². The molecule has 0 radical (unpaired) electrons. The second-order valence-electron chi connectivity index (χ2n) is 3.69. The van der Waals surface area contributed by atoms with Gasteiger partial charge < -0.3 is 4.90 Å². The van der Waals surface area contributed by atoms with Crippen LogP contribution in [0.4, 0.5) is 0 Å². The van der Waals surface area contributed by atoms with Gasteiger partial charge in [0.2, 0.25) is 0 Å². The molecule has 0 aliphatic carbocycles. The van der Waals surface area contributed by atoms with Crippen molar-refractivity contribution in [1.82, 2.24) is 4.90 Å². The van der Waals surface area contributed by atoms with Gasteiger partial charge in [0.1, 0.15) is 0 Å². The lowest BCUT2D eigenvalue weighted by Gasteiger charge is -2.31. The monoisotopic (exact) mass is 152 g/mol. The third-order valence-electron chi connectivity index (χ3n) is 2.54. The van der Waals surface area contributed by atoms with Gasteiger partial charge in [-0.25, -0.2) is 0 Å². The Balaban J connectivity index is 2.41. The van der Waals surface area contributed by atoms with Gasteiger partial charge in [0.15, 0.2) is 6.19 Å². The number of hydrogen-bond acceptors (Lipinski definition) is 2. The number of hydrogen-bond donors (Lipinski definition) is 0. The molecule has 0 aromatic heterocycles. The van der Waals surface area contributed by atoms with Crippen LogP contribution in [0.2, 0.25) is 0 Å². The molecule has 0 bridgehead atoms. The SMILES string of the molecule is CC(C)[C@@H]1CCCN(C#N)C1. The molecule has 0 amide bonds. The Morgan fingerprint density at radius 1 is 1.55 bits per heavy atom. The number of nitrogens with zero attached hydrogens (tertiary/aromatic N) is 2. The van der Waals surface area contributed by atoms with Crippen LogP contribution in [0, 0.1) is 23.3 Å². The van der Waals surface area contributed by atoms with Crippen LogP contribution >= 0.6 is 0 Å². The predicted octanol–water partition coefficient (Wildman–Crippen LogP) is 1.84. The minimum Gasteiger partial charge on any atom is -0.310 e. The molecule has 62 valence electrons. The van der Waals surface area contributed by atoms with E-state index >= 15 is 0 Å². The number of likely N-dealkylation sites (tertiary alicyclic amines) is 1. The summed E-state index contributed by atoms with van der Waals surface area (Å²) in [4.78, 5) is 1.88. The molecule has 1 rings (SSSR count). The lowest BCUT2D eigenvalue weighted by Crippen LogP contribution is -2.33. The quantitative estimate of drug-likeness (QED) is 0.536. The van der Waals surface area contributed by atoms with E-state index in [0.717, 1.165) is 24.9 Å². The maximum atomic E-state index is 8.67. The Kier molecular flexibility index (Phi) is 2.76. The zero-order chi connectivity index (χ0) is 8.27. The summed E-state index contributed by atoms with van der Waals surface area (Å²) in [6, 6.07) is 0. The van der Waals surface area contributed by atoms with Gasteiger partial charge in [0.25, 0.3) is 0 Å². The van der Waals surface area contributed by atoms with Gasteiger partial charge >= 0.3 is 0 Å². The van der Waals surface area contributed by atoms with Crippen LogP contribution in [0.25, 0.3) is 0 Å². The number of piperidine rings is 1. The van der Waals surface area contributed by atoms with E-state index in [1.54, 1.807) is 0 Å².